The molecule has 1 aromatic carbocycles. The monoisotopic (exact) mass is 266 g/mol. The highest BCUT2D eigenvalue weighted by molar-refractivity contribution is 7.62. The van der Waals surface area contributed by atoms with Crippen molar-refractivity contribution in [2.45, 2.75) is 13.8 Å². The van der Waals surface area contributed by atoms with Crippen LogP contribution >= 0.6 is 19.2 Å². The lowest BCUT2D eigenvalue weighted by atomic mass is 10.3. The molecule has 0 aromatic heterocycles. The van der Waals surface area contributed by atoms with Gasteiger partial charge < -0.3 is 9.05 Å². The van der Waals surface area contributed by atoms with E-state index < -0.39 is 13.4 Å². The molecule has 0 unspecified atom stereocenters. The lowest BCUT2D eigenvalue weighted by Gasteiger charge is -2.18. The normalized spacial score (nSPS) is 11.8. The van der Waals surface area contributed by atoms with Crippen LogP contribution in [0, 0.1) is 5.82 Å². The fourth-order valence-electron chi connectivity index (χ4n) is 1.22. The van der Waals surface area contributed by atoms with E-state index in [1.54, 1.807) is 13.8 Å². The molecular weight excluding hydrogens is 254 g/mol. The molecule has 0 saturated carbocycles. The van der Waals surface area contributed by atoms with Gasteiger partial charge in [-0.1, -0.05) is 11.6 Å². The molecule has 0 aliphatic rings. The van der Waals surface area contributed by atoms with Gasteiger partial charge in [0, 0.05) is 0 Å². The summed E-state index contributed by atoms with van der Waals surface area (Å²) in [6.45, 7) is 3.85. The van der Waals surface area contributed by atoms with Gasteiger partial charge in [0.2, 0.25) is 0 Å². The zero-order valence-electron chi connectivity index (χ0n) is 9.07. The average molecular weight is 267 g/mol. The standard InChI is InChI=1S/C10H13ClFO3P/c1-3-14-16(13,15-4-2)10-6-5-8(12)7-9(10)11/h5-7H,3-4H2,1-2H3. The van der Waals surface area contributed by atoms with Gasteiger partial charge in [-0.05, 0) is 32.0 Å². The van der Waals surface area contributed by atoms with E-state index in [-0.39, 0.29) is 23.5 Å². The van der Waals surface area contributed by atoms with Gasteiger partial charge in [-0.25, -0.2) is 4.39 Å². The highest BCUT2D eigenvalue weighted by Crippen LogP contribution is 2.48. The van der Waals surface area contributed by atoms with E-state index in [0.29, 0.717) is 0 Å². The molecule has 16 heavy (non-hydrogen) atoms. The maximum atomic E-state index is 12.9. The number of benzene rings is 1. The van der Waals surface area contributed by atoms with Crippen molar-refractivity contribution in [3.63, 3.8) is 0 Å². The summed E-state index contributed by atoms with van der Waals surface area (Å²) in [5.74, 6) is -0.492. The molecule has 90 valence electrons. The van der Waals surface area contributed by atoms with Gasteiger partial charge in [0.1, 0.15) is 5.82 Å². The zero-order valence-corrected chi connectivity index (χ0v) is 10.7. The molecule has 0 saturated heterocycles. The predicted molar refractivity (Wildman–Crippen MR) is 61.9 cm³/mol. The van der Waals surface area contributed by atoms with Gasteiger partial charge in [0.05, 0.1) is 23.5 Å². The maximum Gasteiger partial charge on any atom is 0.362 e. The van der Waals surface area contributed by atoms with Crippen molar-refractivity contribution in [3.8, 4) is 0 Å². The Bertz CT molecular complexity index is 401. The number of hydrogen-bond donors (Lipinski definition) is 0. The molecule has 0 N–H and O–H groups in total. The Balaban J connectivity index is 3.15. The highest BCUT2D eigenvalue weighted by atomic mass is 35.5. The summed E-state index contributed by atoms with van der Waals surface area (Å²) in [6.07, 6.45) is 0. The number of hydrogen-bond acceptors (Lipinski definition) is 3. The molecule has 0 spiro atoms. The Morgan fingerprint density at radius 1 is 1.31 bits per heavy atom. The lowest BCUT2D eigenvalue weighted by molar-refractivity contribution is 0.230. The van der Waals surface area contributed by atoms with Crippen LogP contribution in [0.2, 0.25) is 5.02 Å². The van der Waals surface area contributed by atoms with Gasteiger partial charge in [0.15, 0.2) is 0 Å². The molecule has 0 atom stereocenters. The van der Waals surface area contributed by atoms with Gasteiger partial charge in [-0.2, -0.15) is 0 Å². The first-order valence-corrected chi connectivity index (χ1v) is 6.80. The Kier molecular flexibility index (Phi) is 4.93. The third-order valence-corrected chi connectivity index (χ3v) is 4.42. The van der Waals surface area contributed by atoms with Crippen molar-refractivity contribution in [1.82, 2.24) is 0 Å². The van der Waals surface area contributed by atoms with E-state index in [4.69, 9.17) is 20.6 Å². The SMILES string of the molecule is CCOP(=O)(OCC)c1ccc(F)cc1Cl. The second-order valence-electron chi connectivity index (χ2n) is 2.93. The minimum Gasteiger partial charge on any atom is -0.305 e. The van der Waals surface area contributed by atoms with E-state index >= 15 is 0 Å². The highest BCUT2D eigenvalue weighted by Gasteiger charge is 2.29. The minimum atomic E-state index is -3.43. The molecular formula is C10H13ClFO3P. The Morgan fingerprint density at radius 2 is 1.88 bits per heavy atom. The second kappa shape index (κ2) is 5.78. The van der Waals surface area contributed by atoms with Crippen LogP contribution in [-0.2, 0) is 13.6 Å². The van der Waals surface area contributed by atoms with Crippen LogP contribution in [0.25, 0.3) is 0 Å². The molecule has 3 nitrogen and oxygen atoms in total. The van der Waals surface area contributed by atoms with E-state index in [0.717, 1.165) is 6.07 Å². The first kappa shape index (κ1) is 13.7. The molecule has 1 aromatic rings. The van der Waals surface area contributed by atoms with Crippen LogP contribution in [0.3, 0.4) is 0 Å². The van der Waals surface area contributed by atoms with E-state index in [9.17, 15) is 8.96 Å². The van der Waals surface area contributed by atoms with Gasteiger partial charge in [-0.3, -0.25) is 4.57 Å². The summed E-state index contributed by atoms with van der Waals surface area (Å²) in [5, 5.41) is 0.240. The van der Waals surface area contributed by atoms with Crippen LogP contribution in [0.4, 0.5) is 4.39 Å². The molecule has 0 fully saturated rings. The van der Waals surface area contributed by atoms with Crippen molar-refractivity contribution in [2.75, 3.05) is 13.2 Å². The predicted octanol–water partition coefficient (Wildman–Crippen LogP) is 3.37. The summed E-state index contributed by atoms with van der Waals surface area (Å²) >= 11 is 5.81. The fourth-order valence-corrected chi connectivity index (χ4v) is 3.31. The summed E-state index contributed by atoms with van der Waals surface area (Å²) in [7, 11) is -3.43. The largest absolute Gasteiger partial charge is 0.362 e. The molecule has 0 aliphatic carbocycles. The summed E-state index contributed by atoms with van der Waals surface area (Å²) in [5.41, 5.74) is 0. The van der Waals surface area contributed by atoms with Crippen LogP contribution in [0.1, 0.15) is 13.8 Å². The molecule has 1 rings (SSSR count). The average Bonchev–Trinajstić information content (AvgIpc) is 2.17. The number of rotatable bonds is 5. The van der Waals surface area contributed by atoms with E-state index in [1.165, 1.54) is 12.1 Å². The van der Waals surface area contributed by atoms with Crippen molar-refractivity contribution in [3.05, 3.63) is 29.0 Å². The molecule has 0 heterocycles. The van der Waals surface area contributed by atoms with Gasteiger partial charge >= 0.3 is 7.60 Å². The van der Waals surface area contributed by atoms with Crippen LogP contribution in [-0.4, -0.2) is 13.2 Å². The van der Waals surface area contributed by atoms with Crippen LogP contribution < -0.4 is 5.30 Å². The number of halogens is 2. The van der Waals surface area contributed by atoms with Gasteiger partial charge in [-0.15, -0.1) is 0 Å². The lowest BCUT2D eigenvalue weighted by Crippen LogP contribution is -2.12. The second-order valence-corrected chi connectivity index (χ2v) is 5.33. The van der Waals surface area contributed by atoms with Gasteiger partial charge in [0.25, 0.3) is 0 Å². The van der Waals surface area contributed by atoms with Crippen molar-refractivity contribution in [1.29, 1.82) is 0 Å². The summed E-state index contributed by atoms with van der Waals surface area (Å²) < 4.78 is 35.4. The third-order valence-electron chi connectivity index (χ3n) is 1.80. The first-order chi connectivity index (χ1) is 7.53. The van der Waals surface area contributed by atoms with Crippen molar-refractivity contribution >= 4 is 24.5 Å². The quantitative estimate of drug-likeness (QED) is 0.767. The Labute approximate surface area is 99.1 Å². The van der Waals surface area contributed by atoms with Crippen LogP contribution in [0.15, 0.2) is 18.2 Å². The van der Waals surface area contributed by atoms with E-state index in [2.05, 4.69) is 0 Å². The fraction of sp³-hybridized carbons (Fsp3) is 0.400. The topological polar surface area (TPSA) is 35.5 Å². The summed E-state index contributed by atoms with van der Waals surface area (Å²) in [6, 6.07) is 3.58. The minimum absolute atomic E-state index is 0.0465. The Morgan fingerprint density at radius 3 is 2.31 bits per heavy atom. The smallest absolute Gasteiger partial charge is 0.305 e. The summed E-state index contributed by atoms with van der Waals surface area (Å²) in [4.78, 5) is 0. The van der Waals surface area contributed by atoms with Crippen LogP contribution in [0.5, 0.6) is 0 Å². The third kappa shape index (κ3) is 3.05. The Hall–Kier alpha value is -0.410. The van der Waals surface area contributed by atoms with Crippen molar-refractivity contribution in [2.24, 2.45) is 0 Å². The van der Waals surface area contributed by atoms with E-state index in [1.807, 2.05) is 0 Å². The zero-order chi connectivity index (χ0) is 12.2. The maximum absolute atomic E-state index is 12.9. The molecule has 0 aliphatic heterocycles. The molecule has 0 radical (unpaired) electrons. The van der Waals surface area contributed by atoms with Crippen molar-refractivity contribution < 1.29 is 18.0 Å². The molecule has 6 heteroatoms. The molecule has 0 bridgehead atoms. The first-order valence-electron chi connectivity index (χ1n) is 4.88. The molecule has 0 amide bonds.